The Morgan fingerprint density at radius 1 is 0.511 bits per heavy atom. The predicted octanol–water partition coefficient (Wildman–Crippen LogP) is 11.3. The van der Waals surface area contributed by atoms with Crippen molar-refractivity contribution >= 4 is 48.0 Å². The predicted molar refractivity (Wildman–Crippen MR) is 191 cm³/mol. The molecular weight excluding hydrogens is 565 g/mol. The average Bonchev–Trinajstić information content (AvgIpc) is 3.65. The van der Waals surface area contributed by atoms with Crippen molar-refractivity contribution in [2.75, 3.05) is 5.32 Å². The van der Waals surface area contributed by atoms with Crippen LogP contribution in [0.2, 0.25) is 0 Å². The average molecular weight is 593 g/mol. The fraction of sp³-hybridized carbons (Fsp3) is 0.0476. The van der Waals surface area contributed by atoms with E-state index >= 15 is 0 Å². The van der Waals surface area contributed by atoms with Crippen LogP contribution in [0.1, 0.15) is 28.9 Å². The lowest BCUT2D eigenvalue weighted by Crippen LogP contribution is -2.37. The molecule has 2 unspecified atom stereocenters. The molecule has 2 atom stereocenters. The number of para-hydroxylation sites is 1. The first-order chi connectivity index (χ1) is 22.3. The Hall–Kier alpha value is -5.22. The maximum atomic E-state index is 4.08. The lowest BCUT2D eigenvalue weighted by atomic mass is 9.87. The van der Waals surface area contributed by atoms with Gasteiger partial charge in [0.15, 0.2) is 0 Å². The number of nitrogens with one attached hydrogen (secondary N) is 2. The van der Waals surface area contributed by atoms with Crippen LogP contribution in [0.3, 0.4) is 0 Å². The Morgan fingerprint density at radius 3 is 2.16 bits per heavy atom. The summed E-state index contributed by atoms with van der Waals surface area (Å²) < 4.78 is 2.67. The number of benzene rings is 7. The molecular formula is C42H28N2S. The zero-order chi connectivity index (χ0) is 29.5. The first-order valence-electron chi connectivity index (χ1n) is 15.6. The van der Waals surface area contributed by atoms with Gasteiger partial charge in [-0.25, -0.2) is 0 Å². The summed E-state index contributed by atoms with van der Waals surface area (Å²) in [6, 6.07) is 53.6. The Bertz CT molecular complexity index is 2450. The van der Waals surface area contributed by atoms with Crippen LogP contribution in [-0.2, 0) is 0 Å². The van der Waals surface area contributed by atoms with Gasteiger partial charge in [0.1, 0.15) is 6.17 Å². The summed E-state index contributed by atoms with van der Waals surface area (Å²) in [5, 5.41) is 13.3. The second-order valence-electron chi connectivity index (χ2n) is 12.1. The highest BCUT2D eigenvalue weighted by Gasteiger charge is 2.33. The third-order valence-electron chi connectivity index (χ3n) is 9.72. The third-order valence-corrected chi connectivity index (χ3v) is 10.9. The monoisotopic (exact) mass is 592 g/mol. The molecule has 0 bridgehead atoms. The molecule has 7 aromatic carbocycles. The van der Waals surface area contributed by atoms with Crippen molar-refractivity contribution in [2.45, 2.75) is 12.2 Å². The molecule has 0 fully saturated rings. The Labute approximate surface area is 265 Å². The molecule has 2 N–H and O–H groups in total. The molecule has 0 amide bonds. The van der Waals surface area contributed by atoms with Crippen molar-refractivity contribution in [1.82, 2.24) is 5.32 Å². The SMILES string of the molecule is c1ccc(-c2ccc(C3Nc4ccccc4C(c4ccc5c(c4)sc4ccccc45)N3)c3c2-c2cccc4cccc-3c24)cc1. The van der Waals surface area contributed by atoms with Crippen LogP contribution in [0, 0.1) is 0 Å². The molecule has 2 nitrogen and oxygen atoms in total. The maximum Gasteiger partial charge on any atom is 0.105 e. The van der Waals surface area contributed by atoms with Crippen LogP contribution in [-0.4, -0.2) is 0 Å². The molecule has 2 aliphatic rings. The normalized spacial score (nSPS) is 16.5. The number of thiophene rings is 1. The minimum Gasteiger partial charge on any atom is -0.366 e. The summed E-state index contributed by atoms with van der Waals surface area (Å²) in [4.78, 5) is 0. The number of rotatable bonds is 3. The first kappa shape index (κ1) is 25.1. The molecule has 10 rings (SSSR count). The molecule has 3 heteroatoms. The topological polar surface area (TPSA) is 24.1 Å². The fourth-order valence-corrected chi connectivity index (χ4v) is 8.90. The largest absolute Gasteiger partial charge is 0.366 e. The summed E-state index contributed by atoms with van der Waals surface area (Å²) in [5.74, 6) is 0. The van der Waals surface area contributed by atoms with Crippen LogP contribution in [0.15, 0.2) is 146 Å². The van der Waals surface area contributed by atoms with E-state index < -0.39 is 0 Å². The van der Waals surface area contributed by atoms with Gasteiger partial charge in [-0.3, -0.25) is 5.32 Å². The van der Waals surface area contributed by atoms with Gasteiger partial charge in [-0.15, -0.1) is 11.3 Å². The van der Waals surface area contributed by atoms with Gasteiger partial charge in [0.2, 0.25) is 0 Å². The number of hydrogen-bond donors (Lipinski definition) is 2. The molecule has 8 aromatic rings. The lowest BCUT2D eigenvalue weighted by Gasteiger charge is -2.36. The van der Waals surface area contributed by atoms with E-state index in [9.17, 15) is 0 Å². The Morgan fingerprint density at radius 2 is 1.27 bits per heavy atom. The van der Waals surface area contributed by atoms with Gasteiger partial charge in [-0.2, -0.15) is 0 Å². The highest BCUT2D eigenvalue weighted by Crippen LogP contribution is 2.54. The van der Waals surface area contributed by atoms with E-state index in [4.69, 9.17) is 0 Å². The van der Waals surface area contributed by atoms with E-state index in [1.807, 2.05) is 11.3 Å². The Kier molecular flexibility index (Phi) is 5.39. The number of anilines is 1. The van der Waals surface area contributed by atoms with Crippen molar-refractivity contribution in [1.29, 1.82) is 0 Å². The van der Waals surface area contributed by atoms with Gasteiger partial charge in [0, 0.05) is 25.9 Å². The lowest BCUT2D eigenvalue weighted by molar-refractivity contribution is 0.507. The van der Waals surface area contributed by atoms with E-state index in [0.29, 0.717) is 0 Å². The maximum absolute atomic E-state index is 4.08. The van der Waals surface area contributed by atoms with Crippen molar-refractivity contribution in [2.24, 2.45) is 0 Å². The zero-order valence-corrected chi connectivity index (χ0v) is 25.2. The molecule has 0 radical (unpaired) electrons. The summed E-state index contributed by atoms with van der Waals surface area (Å²) in [7, 11) is 0. The quantitative estimate of drug-likeness (QED) is 0.213. The smallest absolute Gasteiger partial charge is 0.105 e. The van der Waals surface area contributed by atoms with E-state index in [1.165, 1.54) is 86.7 Å². The fourth-order valence-electron chi connectivity index (χ4n) is 7.74. The molecule has 212 valence electrons. The first-order valence-corrected chi connectivity index (χ1v) is 16.4. The van der Waals surface area contributed by atoms with Crippen LogP contribution < -0.4 is 10.6 Å². The summed E-state index contributed by atoms with van der Waals surface area (Å²) in [6.07, 6.45) is -0.0776. The molecule has 45 heavy (non-hydrogen) atoms. The molecule has 1 aliphatic heterocycles. The highest BCUT2D eigenvalue weighted by molar-refractivity contribution is 7.25. The van der Waals surface area contributed by atoms with Crippen LogP contribution >= 0.6 is 11.3 Å². The van der Waals surface area contributed by atoms with Crippen molar-refractivity contribution < 1.29 is 0 Å². The van der Waals surface area contributed by atoms with E-state index in [2.05, 4.69) is 156 Å². The van der Waals surface area contributed by atoms with Gasteiger partial charge in [-0.05, 0) is 79.0 Å². The minimum absolute atomic E-state index is 0.0473. The second kappa shape index (κ2) is 9.64. The van der Waals surface area contributed by atoms with E-state index in [1.54, 1.807) is 0 Å². The van der Waals surface area contributed by atoms with Crippen molar-refractivity contribution in [3.8, 4) is 33.4 Å². The van der Waals surface area contributed by atoms with Gasteiger partial charge in [0.25, 0.3) is 0 Å². The summed E-state index contributed by atoms with van der Waals surface area (Å²) >= 11 is 1.88. The molecule has 0 saturated carbocycles. The van der Waals surface area contributed by atoms with Gasteiger partial charge < -0.3 is 5.32 Å². The summed E-state index contributed by atoms with van der Waals surface area (Å²) in [6.45, 7) is 0. The van der Waals surface area contributed by atoms with E-state index in [-0.39, 0.29) is 12.2 Å². The Balaban J connectivity index is 1.17. The number of hydrogen-bond acceptors (Lipinski definition) is 3. The van der Waals surface area contributed by atoms with Gasteiger partial charge >= 0.3 is 0 Å². The zero-order valence-electron chi connectivity index (χ0n) is 24.4. The highest BCUT2D eigenvalue weighted by atomic mass is 32.1. The minimum atomic E-state index is -0.0776. The van der Waals surface area contributed by atoms with E-state index in [0.717, 1.165) is 0 Å². The number of fused-ring (bicyclic) bond motifs is 7. The van der Waals surface area contributed by atoms with Gasteiger partial charge in [0.05, 0.1) is 6.04 Å². The third kappa shape index (κ3) is 3.72. The molecule has 1 aliphatic carbocycles. The van der Waals surface area contributed by atoms with Crippen molar-refractivity contribution in [3.63, 3.8) is 0 Å². The van der Waals surface area contributed by atoms with Crippen LogP contribution in [0.5, 0.6) is 0 Å². The van der Waals surface area contributed by atoms with Crippen molar-refractivity contribution in [3.05, 3.63) is 162 Å². The molecule has 2 heterocycles. The summed E-state index contributed by atoms with van der Waals surface area (Å²) in [5.41, 5.74) is 12.8. The van der Waals surface area contributed by atoms with Crippen LogP contribution in [0.4, 0.5) is 5.69 Å². The standard InChI is InChI=1S/C42H28N2S/c1-2-10-25(11-3-1)28-22-23-34(40-33-17-9-13-26-12-8-16-32(38(26)33)39(28)40)42-43-35-18-6-4-15-31(35)41(44-42)27-20-21-30-29-14-5-7-19-36(29)45-37(30)24-27/h1-24,41-44H. The molecule has 0 saturated heterocycles. The molecule has 0 spiro atoms. The molecule has 1 aromatic heterocycles. The van der Waals surface area contributed by atoms with Crippen LogP contribution in [0.25, 0.3) is 64.3 Å². The van der Waals surface area contributed by atoms with Gasteiger partial charge in [-0.1, -0.05) is 127 Å². The second-order valence-corrected chi connectivity index (χ2v) is 13.2.